The number of para-hydroxylation sites is 1. The van der Waals surface area contributed by atoms with Gasteiger partial charge in [-0.25, -0.2) is 8.42 Å². The van der Waals surface area contributed by atoms with Crippen LogP contribution in [-0.2, 0) is 9.84 Å². The predicted octanol–water partition coefficient (Wildman–Crippen LogP) is 4.50. The van der Waals surface area contributed by atoms with Crippen LogP contribution in [0.5, 0.6) is 0 Å². The van der Waals surface area contributed by atoms with Crippen LogP contribution in [0.25, 0.3) is 11.1 Å². The van der Waals surface area contributed by atoms with Crippen LogP contribution >= 0.6 is 0 Å². The van der Waals surface area contributed by atoms with Gasteiger partial charge >= 0.3 is 5.76 Å². The number of aliphatic hydroxyl groups is 1. The third-order valence-electron chi connectivity index (χ3n) is 4.32. The Morgan fingerprint density at radius 2 is 1.39 bits per heavy atom. The van der Waals surface area contributed by atoms with Crippen molar-refractivity contribution < 1.29 is 22.3 Å². The van der Waals surface area contributed by atoms with Gasteiger partial charge in [0, 0.05) is 6.54 Å². The average Bonchev–Trinajstić information content (AvgIpc) is 2.73. The Hall–Kier alpha value is -2.77. The summed E-state index contributed by atoms with van der Waals surface area (Å²) in [6, 6.07) is 22.5. The van der Waals surface area contributed by atoms with E-state index in [1.54, 1.807) is 12.1 Å². The van der Waals surface area contributed by atoms with Gasteiger partial charge in [0.2, 0.25) is 9.84 Å². The van der Waals surface area contributed by atoms with E-state index in [0.29, 0.717) is 5.56 Å². The normalized spacial score (nSPS) is 12.7. The highest BCUT2D eigenvalue weighted by Crippen LogP contribution is 2.27. The van der Waals surface area contributed by atoms with E-state index in [4.69, 9.17) is 0 Å². The molecule has 0 aliphatic carbocycles. The molecule has 7 heteroatoms. The molecule has 0 bridgehead atoms. The minimum absolute atomic E-state index is 0.0273. The first kappa shape index (κ1) is 20.0. The number of anilines is 1. The number of rotatable bonds is 7. The summed E-state index contributed by atoms with van der Waals surface area (Å²) in [5.74, 6) is -3.51. The molecule has 3 aromatic rings. The Kier molecular flexibility index (Phi) is 6.06. The maximum Gasteiger partial charge on any atom is 0.341 e. The molecular formula is C21H19F2NO3S. The van der Waals surface area contributed by atoms with Crippen LogP contribution in [-0.4, -0.2) is 25.8 Å². The third-order valence-corrected chi connectivity index (χ3v) is 5.75. The highest BCUT2D eigenvalue weighted by Gasteiger charge is 2.29. The van der Waals surface area contributed by atoms with Gasteiger partial charge in [-0.1, -0.05) is 66.7 Å². The lowest BCUT2D eigenvalue weighted by atomic mass is 10.0. The van der Waals surface area contributed by atoms with Gasteiger partial charge in [-0.15, -0.1) is 0 Å². The molecule has 146 valence electrons. The lowest BCUT2D eigenvalue weighted by molar-refractivity contribution is 0.191. The maximum atomic E-state index is 12.9. The fourth-order valence-corrected chi connectivity index (χ4v) is 3.72. The number of benzene rings is 3. The quantitative estimate of drug-likeness (QED) is 0.610. The molecule has 0 aromatic heterocycles. The molecular weight excluding hydrogens is 384 g/mol. The van der Waals surface area contributed by atoms with Crippen LogP contribution in [0.1, 0.15) is 11.7 Å². The summed E-state index contributed by atoms with van der Waals surface area (Å²) in [7, 11) is -4.73. The first-order chi connectivity index (χ1) is 13.4. The fourth-order valence-electron chi connectivity index (χ4n) is 2.81. The number of nitrogens with one attached hydrogen (secondary N) is 1. The van der Waals surface area contributed by atoms with Crippen LogP contribution < -0.4 is 5.32 Å². The largest absolute Gasteiger partial charge is 0.387 e. The second-order valence-electron chi connectivity index (χ2n) is 6.19. The Bertz CT molecular complexity index is 1020. The van der Waals surface area contributed by atoms with Gasteiger partial charge in [0.15, 0.2) is 0 Å². The van der Waals surface area contributed by atoms with E-state index in [0.717, 1.165) is 17.2 Å². The molecule has 0 spiro atoms. The van der Waals surface area contributed by atoms with Gasteiger partial charge in [0.25, 0.3) is 0 Å². The highest BCUT2D eigenvalue weighted by molar-refractivity contribution is 7.91. The zero-order valence-electron chi connectivity index (χ0n) is 14.8. The molecule has 4 nitrogen and oxygen atoms in total. The molecule has 3 aromatic carbocycles. The number of alkyl halides is 2. The van der Waals surface area contributed by atoms with Crippen molar-refractivity contribution in [3.05, 3.63) is 84.4 Å². The summed E-state index contributed by atoms with van der Waals surface area (Å²) in [5, 5.41) is 13.1. The minimum atomic E-state index is -4.73. The van der Waals surface area contributed by atoms with Crippen molar-refractivity contribution >= 4 is 15.5 Å². The van der Waals surface area contributed by atoms with Gasteiger partial charge in [-0.2, -0.15) is 8.78 Å². The topological polar surface area (TPSA) is 66.4 Å². The molecule has 0 saturated heterocycles. The lowest BCUT2D eigenvalue weighted by Gasteiger charge is -2.16. The van der Waals surface area contributed by atoms with Crippen molar-refractivity contribution in [1.82, 2.24) is 0 Å². The average molecular weight is 403 g/mol. The number of halogens is 2. The standard InChI is InChI=1S/C21H19F2NO3S/c22-21(23)28(26,27)20-9-5-4-8-18(20)24-14-19(25)17-12-10-16(11-13-17)15-6-2-1-3-7-15/h1-13,19,21,24-25H,14H2. The molecule has 0 radical (unpaired) electrons. The highest BCUT2D eigenvalue weighted by atomic mass is 32.2. The number of hydrogen-bond acceptors (Lipinski definition) is 4. The Labute approximate surface area is 162 Å². The Morgan fingerprint density at radius 1 is 0.821 bits per heavy atom. The van der Waals surface area contributed by atoms with E-state index in [1.807, 2.05) is 42.5 Å². The van der Waals surface area contributed by atoms with Crippen molar-refractivity contribution in [1.29, 1.82) is 0 Å². The van der Waals surface area contributed by atoms with Crippen molar-refractivity contribution in [2.45, 2.75) is 16.8 Å². The second kappa shape index (κ2) is 8.50. The van der Waals surface area contributed by atoms with Gasteiger partial charge in [-0.3, -0.25) is 0 Å². The molecule has 0 saturated carbocycles. The van der Waals surface area contributed by atoms with Gasteiger partial charge < -0.3 is 10.4 Å². The summed E-state index contributed by atoms with van der Waals surface area (Å²) < 4.78 is 49.3. The van der Waals surface area contributed by atoms with Crippen LogP contribution in [0.4, 0.5) is 14.5 Å². The van der Waals surface area contributed by atoms with Crippen LogP contribution in [0, 0.1) is 0 Å². The van der Waals surface area contributed by atoms with Gasteiger partial charge in [0.05, 0.1) is 16.7 Å². The fraction of sp³-hybridized carbons (Fsp3) is 0.143. The Morgan fingerprint density at radius 3 is 2.04 bits per heavy atom. The number of sulfone groups is 1. The molecule has 28 heavy (non-hydrogen) atoms. The molecule has 0 aliphatic rings. The van der Waals surface area contributed by atoms with Gasteiger partial charge in [-0.05, 0) is 28.8 Å². The van der Waals surface area contributed by atoms with E-state index in [1.165, 1.54) is 18.2 Å². The van der Waals surface area contributed by atoms with Crippen molar-refractivity contribution in [3.63, 3.8) is 0 Å². The molecule has 3 rings (SSSR count). The van der Waals surface area contributed by atoms with Crippen molar-refractivity contribution in [3.8, 4) is 11.1 Å². The molecule has 0 heterocycles. The molecule has 0 fully saturated rings. The third kappa shape index (κ3) is 4.37. The van der Waals surface area contributed by atoms with Crippen molar-refractivity contribution in [2.75, 3.05) is 11.9 Å². The Balaban J connectivity index is 1.72. The number of hydrogen-bond donors (Lipinski definition) is 2. The maximum absolute atomic E-state index is 12.9. The van der Waals surface area contributed by atoms with E-state index in [-0.39, 0.29) is 12.2 Å². The zero-order chi connectivity index (χ0) is 20.1. The monoisotopic (exact) mass is 403 g/mol. The smallest absolute Gasteiger partial charge is 0.341 e. The van der Waals surface area contributed by atoms with E-state index >= 15 is 0 Å². The minimum Gasteiger partial charge on any atom is -0.387 e. The summed E-state index contributed by atoms with van der Waals surface area (Å²) in [6.45, 7) is -0.0273. The molecule has 1 unspecified atom stereocenters. The summed E-state index contributed by atoms with van der Waals surface area (Å²) in [5.41, 5.74) is 2.70. The van der Waals surface area contributed by atoms with Crippen molar-refractivity contribution in [2.24, 2.45) is 0 Å². The van der Waals surface area contributed by atoms with Crippen LogP contribution in [0.15, 0.2) is 83.8 Å². The second-order valence-corrected chi connectivity index (χ2v) is 8.07. The summed E-state index contributed by atoms with van der Waals surface area (Å²) in [6.07, 6.45) is -0.938. The predicted molar refractivity (Wildman–Crippen MR) is 105 cm³/mol. The summed E-state index contributed by atoms with van der Waals surface area (Å²) in [4.78, 5) is -0.489. The van der Waals surface area contributed by atoms with E-state index < -0.39 is 26.6 Å². The SMILES string of the molecule is O=S(=O)(c1ccccc1NCC(O)c1ccc(-c2ccccc2)cc1)C(F)F. The molecule has 1 atom stereocenters. The first-order valence-electron chi connectivity index (χ1n) is 8.58. The first-order valence-corrected chi connectivity index (χ1v) is 10.1. The van der Waals surface area contributed by atoms with E-state index in [2.05, 4.69) is 5.32 Å². The van der Waals surface area contributed by atoms with Crippen LogP contribution in [0.2, 0.25) is 0 Å². The van der Waals surface area contributed by atoms with E-state index in [9.17, 15) is 22.3 Å². The zero-order valence-corrected chi connectivity index (χ0v) is 15.6. The molecule has 0 aliphatic heterocycles. The van der Waals surface area contributed by atoms with Gasteiger partial charge in [0.1, 0.15) is 0 Å². The molecule has 0 amide bonds. The molecule has 2 N–H and O–H groups in total. The summed E-state index contributed by atoms with van der Waals surface area (Å²) >= 11 is 0. The lowest BCUT2D eigenvalue weighted by Crippen LogP contribution is -2.17. The number of aliphatic hydroxyl groups excluding tert-OH is 1. The van der Waals surface area contributed by atoms with Crippen LogP contribution in [0.3, 0.4) is 0 Å².